The highest BCUT2D eigenvalue weighted by Gasteiger charge is 2.26. The van der Waals surface area contributed by atoms with Crippen molar-refractivity contribution in [2.24, 2.45) is 0 Å². The molecule has 0 aromatic rings. The summed E-state index contributed by atoms with van der Waals surface area (Å²) >= 11 is 0. The first-order chi connectivity index (χ1) is 11.0. The van der Waals surface area contributed by atoms with Gasteiger partial charge < -0.3 is 19.9 Å². The third-order valence-corrected chi connectivity index (χ3v) is 5.03. The molecule has 0 aromatic heterocycles. The molecular weight excluding hydrogens is 393 g/mol. The normalized spacial score (nSPS) is 14.2. The van der Waals surface area contributed by atoms with Gasteiger partial charge in [0.05, 0.1) is 6.61 Å². The summed E-state index contributed by atoms with van der Waals surface area (Å²) in [5.74, 6) is -0.666. The standard InChI is InChI=1S/C11H28N3O4P5/c1-12-9(7-17-2)10(15)14-8(11(16)18-23(20)21)5-3-4-6-13-22-19/h8-9,12-13,22H,3-7,19-21H2,1-2H3,(H,14,15)/t8?,9-/m0/s1. The predicted octanol–water partition coefficient (Wildman–Crippen LogP) is 1.37. The van der Waals surface area contributed by atoms with Gasteiger partial charge in [-0.25, -0.2) is 4.79 Å². The van der Waals surface area contributed by atoms with E-state index in [1.165, 1.54) is 7.11 Å². The molecule has 5 unspecified atom stereocenters. The van der Waals surface area contributed by atoms with Gasteiger partial charge in [-0.05, 0) is 41.3 Å². The second-order valence-electron chi connectivity index (χ2n) is 4.69. The molecule has 3 N–H and O–H groups in total. The van der Waals surface area contributed by atoms with Crippen LogP contribution in [0.25, 0.3) is 0 Å². The topological polar surface area (TPSA) is 88.7 Å². The van der Waals surface area contributed by atoms with Crippen LogP contribution in [0.2, 0.25) is 0 Å². The van der Waals surface area contributed by atoms with Crippen molar-refractivity contribution < 1.29 is 18.8 Å². The number of methoxy groups -OCH3 is 1. The van der Waals surface area contributed by atoms with Gasteiger partial charge in [-0.15, -0.1) is 0 Å². The smallest absolute Gasteiger partial charge is 0.331 e. The Hall–Kier alpha value is 0.970. The summed E-state index contributed by atoms with van der Waals surface area (Å²) in [6, 6.07) is -1.14. The van der Waals surface area contributed by atoms with Crippen LogP contribution in [-0.2, 0) is 18.8 Å². The van der Waals surface area contributed by atoms with Crippen LogP contribution >= 0.6 is 42.7 Å². The van der Waals surface area contributed by atoms with E-state index < -0.39 is 25.6 Å². The third kappa shape index (κ3) is 12.0. The number of nitrogens with one attached hydrogen (secondary N) is 3. The van der Waals surface area contributed by atoms with Gasteiger partial charge in [0.2, 0.25) is 5.91 Å². The van der Waals surface area contributed by atoms with Gasteiger partial charge in [-0.1, -0.05) is 26.8 Å². The van der Waals surface area contributed by atoms with E-state index in [1.54, 1.807) is 7.05 Å². The van der Waals surface area contributed by atoms with Crippen molar-refractivity contribution in [1.82, 2.24) is 15.7 Å². The van der Waals surface area contributed by atoms with Crippen LogP contribution in [0.1, 0.15) is 19.3 Å². The maximum atomic E-state index is 12.2. The van der Waals surface area contributed by atoms with Crippen LogP contribution in [-0.4, -0.2) is 51.3 Å². The second kappa shape index (κ2) is 15.2. The molecular formula is C11H28N3O4P5. The number of rotatable bonds is 13. The van der Waals surface area contributed by atoms with Gasteiger partial charge in [-0.3, -0.25) is 9.88 Å². The van der Waals surface area contributed by atoms with Crippen molar-refractivity contribution in [2.45, 2.75) is 31.3 Å². The van der Waals surface area contributed by atoms with Crippen LogP contribution < -0.4 is 15.7 Å². The SMILES string of the molecule is CN[C@@H](COC)C(=O)NC(CCCCNPP)C(=O)OP(P)P. The van der Waals surface area contributed by atoms with E-state index in [2.05, 4.69) is 42.5 Å². The van der Waals surface area contributed by atoms with E-state index in [4.69, 9.17) is 9.26 Å². The number of unbranched alkanes of at least 4 members (excludes halogenated alkanes) is 1. The number of carbonyl (C=O) groups is 2. The molecule has 0 spiro atoms. The minimum absolute atomic E-state index is 0.239. The van der Waals surface area contributed by atoms with Gasteiger partial charge in [0, 0.05) is 7.11 Å². The number of hydrogen-bond acceptors (Lipinski definition) is 6. The van der Waals surface area contributed by atoms with Crippen LogP contribution in [0.4, 0.5) is 0 Å². The predicted molar refractivity (Wildman–Crippen MR) is 109 cm³/mol. The number of amides is 1. The maximum absolute atomic E-state index is 12.2. The Bertz CT molecular complexity index is 352. The first kappa shape index (κ1) is 24.0. The van der Waals surface area contributed by atoms with Crippen molar-refractivity contribution >= 4 is 54.6 Å². The molecule has 23 heavy (non-hydrogen) atoms. The van der Waals surface area contributed by atoms with Crippen molar-refractivity contribution in [3.63, 3.8) is 0 Å². The zero-order valence-corrected chi connectivity index (χ0v) is 18.9. The Morgan fingerprint density at radius 1 is 1.26 bits per heavy atom. The lowest BCUT2D eigenvalue weighted by Crippen LogP contribution is -2.51. The molecule has 0 radical (unpaired) electrons. The molecule has 0 aliphatic rings. The molecule has 1 amide bonds. The molecule has 0 saturated carbocycles. The van der Waals surface area contributed by atoms with Crippen molar-refractivity contribution in [1.29, 1.82) is 0 Å². The Labute approximate surface area is 148 Å². The molecule has 0 heterocycles. The molecule has 7 nitrogen and oxygen atoms in total. The zero-order valence-electron chi connectivity index (χ0n) is 13.5. The summed E-state index contributed by atoms with van der Waals surface area (Å²) in [6.07, 6.45) is 2.31. The second-order valence-corrected chi connectivity index (χ2v) is 11.9. The van der Waals surface area contributed by atoms with Crippen LogP contribution in [0.5, 0.6) is 0 Å². The minimum Gasteiger partial charge on any atom is -0.435 e. The Balaban J connectivity index is 4.57. The average molecular weight is 421 g/mol. The number of ether oxygens (including phenoxy) is 1. The Morgan fingerprint density at radius 3 is 2.48 bits per heavy atom. The highest BCUT2D eigenvalue weighted by Crippen LogP contribution is 2.53. The van der Waals surface area contributed by atoms with Gasteiger partial charge >= 0.3 is 5.97 Å². The fourth-order valence-electron chi connectivity index (χ4n) is 1.78. The van der Waals surface area contributed by atoms with Crippen molar-refractivity contribution in [2.75, 3.05) is 27.3 Å². The quantitative estimate of drug-likeness (QED) is 0.308. The maximum Gasteiger partial charge on any atom is 0.331 e. The number of likely N-dealkylation sites (N-methyl/N-ethyl adjacent to an activating group) is 1. The van der Waals surface area contributed by atoms with Gasteiger partial charge in [0.25, 0.3) is 0 Å². The van der Waals surface area contributed by atoms with E-state index in [9.17, 15) is 9.59 Å². The van der Waals surface area contributed by atoms with Crippen LogP contribution in [0, 0.1) is 0 Å². The minimum atomic E-state index is -0.969. The van der Waals surface area contributed by atoms with E-state index >= 15 is 0 Å². The van der Waals surface area contributed by atoms with Gasteiger partial charge in [0.15, 0.2) is 0 Å². The van der Waals surface area contributed by atoms with E-state index in [-0.39, 0.29) is 12.5 Å². The molecule has 0 aliphatic heterocycles. The van der Waals surface area contributed by atoms with Gasteiger partial charge in [0.1, 0.15) is 19.6 Å². The van der Waals surface area contributed by atoms with Crippen LogP contribution in [0.15, 0.2) is 0 Å². The monoisotopic (exact) mass is 421 g/mol. The number of hydrogen-bond donors (Lipinski definition) is 3. The lowest BCUT2D eigenvalue weighted by Gasteiger charge is -2.22. The summed E-state index contributed by atoms with van der Waals surface area (Å²) in [5, 5.41) is 8.85. The fraction of sp³-hybridized carbons (Fsp3) is 0.818. The van der Waals surface area contributed by atoms with Crippen LogP contribution in [0.3, 0.4) is 0 Å². The number of carbonyl (C=O) groups excluding carboxylic acids is 2. The first-order valence-corrected chi connectivity index (χ1v) is 14.4. The molecule has 0 aromatic carbocycles. The summed E-state index contributed by atoms with van der Waals surface area (Å²) < 4.78 is 10.2. The van der Waals surface area contributed by atoms with E-state index in [1.807, 2.05) is 0 Å². The molecule has 136 valence electrons. The molecule has 0 saturated heterocycles. The van der Waals surface area contributed by atoms with E-state index in [0.717, 1.165) is 19.4 Å². The Morgan fingerprint density at radius 2 is 1.96 bits per heavy atom. The van der Waals surface area contributed by atoms with Crippen molar-refractivity contribution in [3.8, 4) is 0 Å². The zero-order chi connectivity index (χ0) is 17.7. The highest BCUT2D eigenvalue weighted by atomic mass is 32.4. The molecule has 0 aliphatic carbocycles. The first-order valence-electron chi connectivity index (χ1n) is 7.12. The molecule has 12 heteroatoms. The fourth-order valence-corrected chi connectivity index (χ4v) is 3.49. The molecule has 6 atom stereocenters. The summed E-state index contributed by atoms with van der Waals surface area (Å²) in [6.45, 7) is 1.13. The van der Waals surface area contributed by atoms with E-state index in [0.29, 0.717) is 14.8 Å². The molecule has 0 rings (SSSR count). The average Bonchev–Trinajstić information content (AvgIpc) is 2.50. The Kier molecular flexibility index (Phi) is 15.9. The lowest BCUT2D eigenvalue weighted by atomic mass is 10.1. The molecule has 0 bridgehead atoms. The molecule has 0 fully saturated rings. The summed E-state index contributed by atoms with van der Waals surface area (Å²) in [7, 11) is 10.4. The largest absolute Gasteiger partial charge is 0.435 e. The summed E-state index contributed by atoms with van der Waals surface area (Å²) in [4.78, 5) is 24.4. The summed E-state index contributed by atoms with van der Waals surface area (Å²) in [5.41, 5.74) is 0. The van der Waals surface area contributed by atoms with Gasteiger partial charge in [-0.2, -0.15) is 0 Å². The lowest BCUT2D eigenvalue weighted by molar-refractivity contribution is -0.139. The van der Waals surface area contributed by atoms with Crippen molar-refractivity contribution in [3.05, 3.63) is 0 Å². The highest BCUT2D eigenvalue weighted by molar-refractivity contribution is 8.41. The third-order valence-electron chi connectivity index (χ3n) is 2.94.